The maximum absolute atomic E-state index is 12.4. The summed E-state index contributed by atoms with van der Waals surface area (Å²) in [6.45, 7) is 3.32. The Morgan fingerprint density at radius 2 is 1.78 bits per heavy atom. The van der Waals surface area contributed by atoms with Crippen molar-refractivity contribution in [3.8, 4) is 5.75 Å². The number of pyridine rings is 1. The highest BCUT2D eigenvalue weighted by Gasteiger charge is 2.09. The minimum Gasteiger partial charge on any atom is -0.494 e. The number of aromatic nitrogens is 1. The molecular formula is C22H23N3O2. The summed E-state index contributed by atoms with van der Waals surface area (Å²) in [7, 11) is 2.00. The van der Waals surface area contributed by atoms with Gasteiger partial charge in [0.1, 0.15) is 11.4 Å². The molecule has 0 fully saturated rings. The Morgan fingerprint density at radius 1 is 1.04 bits per heavy atom. The van der Waals surface area contributed by atoms with E-state index in [-0.39, 0.29) is 5.91 Å². The smallest absolute Gasteiger partial charge is 0.274 e. The topological polar surface area (TPSA) is 54.5 Å². The van der Waals surface area contributed by atoms with Crippen LogP contribution in [0, 0.1) is 0 Å². The number of nitrogens with one attached hydrogen (secondary N) is 1. The molecule has 1 amide bonds. The lowest BCUT2D eigenvalue weighted by atomic mass is 10.2. The van der Waals surface area contributed by atoms with Crippen LogP contribution < -0.4 is 15.0 Å². The minimum atomic E-state index is -0.239. The zero-order chi connectivity index (χ0) is 19.1. The fraction of sp³-hybridized carbons (Fsp3) is 0.182. The van der Waals surface area contributed by atoms with Crippen LogP contribution in [0.1, 0.15) is 23.0 Å². The van der Waals surface area contributed by atoms with Crippen LogP contribution in [0.2, 0.25) is 0 Å². The molecule has 0 saturated carbocycles. The second-order valence-corrected chi connectivity index (χ2v) is 6.15. The summed E-state index contributed by atoms with van der Waals surface area (Å²) in [5, 5.41) is 2.85. The first-order chi connectivity index (χ1) is 13.2. The molecule has 0 spiro atoms. The highest BCUT2D eigenvalue weighted by Crippen LogP contribution is 2.18. The average Bonchev–Trinajstić information content (AvgIpc) is 2.70. The van der Waals surface area contributed by atoms with E-state index in [1.807, 2.05) is 62.5 Å². The molecule has 27 heavy (non-hydrogen) atoms. The molecule has 0 radical (unpaired) electrons. The molecule has 5 nitrogen and oxygen atoms in total. The third-order valence-corrected chi connectivity index (χ3v) is 4.11. The largest absolute Gasteiger partial charge is 0.494 e. The maximum atomic E-state index is 12.4. The molecule has 5 heteroatoms. The van der Waals surface area contributed by atoms with Crippen LogP contribution in [0.15, 0.2) is 72.9 Å². The van der Waals surface area contributed by atoms with Gasteiger partial charge in [-0.1, -0.05) is 30.3 Å². The Labute approximate surface area is 159 Å². The van der Waals surface area contributed by atoms with Gasteiger partial charge < -0.3 is 15.0 Å². The molecule has 1 aromatic heterocycles. The van der Waals surface area contributed by atoms with Gasteiger partial charge in [0, 0.05) is 19.3 Å². The maximum Gasteiger partial charge on any atom is 0.274 e. The molecule has 0 saturated heterocycles. The number of carbonyl (C=O) groups is 1. The third kappa shape index (κ3) is 5.07. The molecule has 0 aliphatic heterocycles. The zero-order valence-corrected chi connectivity index (χ0v) is 15.6. The van der Waals surface area contributed by atoms with Gasteiger partial charge in [0.25, 0.3) is 5.91 Å². The Balaban J connectivity index is 1.61. The van der Waals surface area contributed by atoms with E-state index in [2.05, 4.69) is 27.3 Å². The van der Waals surface area contributed by atoms with E-state index in [0.717, 1.165) is 18.0 Å². The molecule has 0 aliphatic carbocycles. The molecule has 0 bridgehead atoms. The summed E-state index contributed by atoms with van der Waals surface area (Å²) in [5.41, 5.74) is 3.25. The summed E-state index contributed by atoms with van der Waals surface area (Å²) in [5.74, 6) is 0.538. The Bertz CT molecular complexity index is 862. The lowest BCUT2D eigenvalue weighted by Crippen LogP contribution is -2.18. The molecule has 3 aromatic rings. The van der Waals surface area contributed by atoms with Crippen LogP contribution in [0.4, 0.5) is 11.4 Å². The van der Waals surface area contributed by atoms with Crippen molar-refractivity contribution in [1.29, 1.82) is 0 Å². The van der Waals surface area contributed by atoms with Gasteiger partial charge in [0.05, 0.1) is 18.5 Å². The number of carbonyl (C=O) groups excluding carboxylic acids is 1. The first kappa shape index (κ1) is 18.5. The first-order valence-electron chi connectivity index (χ1n) is 8.91. The fourth-order valence-corrected chi connectivity index (χ4v) is 2.69. The molecule has 0 unspecified atom stereocenters. The van der Waals surface area contributed by atoms with Gasteiger partial charge in [-0.05, 0) is 48.9 Å². The fourth-order valence-electron chi connectivity index (χ4n) is 2.69. The number of nitrogens with zero attached hydrogens (tertiary/aromatic N) is 2. The molecule has 3 rings (SSSR count). The number of anilines is 2. The van der Waals surface area contributed by atoms with E-state index in [1.54, 1.807) is 12.3 Å². The quantitative estimate of drug-likeness (QED) is 0.679. The lowest BCUT2D eigenvalue weighted by Gasteiger charge is -2.19. The molecule has 0 atom stereocenters. The average molecular weight is 361 g/mol. The van der Waals surface area contributed by atoms with Crippen molar-refractivity contribution in [2.24, 2.45) is 0 Å². The molecule has 1 N–H and O–H groups in total. The molecule has 1 heterocycles. The van der Waals surface area contributed by atoms with E-state index in [9.17, 15) is 4.79 Å². The van der Waals surface area contributed by atoms with Crippen molar-refractivity contribution in [1.82, 2.24) is 4.98 Å². The summed E-state index contributed by atoms with van der Waals surface area (Å²) in [6.07, 6.45) is 1.72. The van der Waals surface area contributed by atoms with Gasteiger partial charge in [0.15, 0.2) is 0 Å². The van der Waals surface area contributed by atoms with E-state index in [1.165, 1.54) is 5.56 Å². The number of benzene rings is 2. The van der Waals surface area contributed by atoms with Crippen molar-refractivity contribution >= 4 is 17.3 Å². The monoisotopic (exact) mass is 361 g/mol. The van der Waals surface area contributed by atoms with Crippen LogP contribution in [0.25, 0.3) is 0 Å². The van der Waals surface area contributed by atoms with Crippen LogP contribution >= 0.6 is 0 Å². The summed E-state index contributed by atoms with van der Waals surface area (Å²) in [4.78, 5) is 18.8. The Kier molecular flexibility index (Phi) is 6.05. The predicted octanol–water partition coefficient (Wildman–Crippen LogP) is 4.37. The molecule has 0 aliphatic rings. The Hall–Kier alpha value is -3.34. The summed E-state index contributed by atoms with van der Waals surface area (Å²) >= 11 is 0. The third-order valence-electron chi connectivity index (χ3n) is 4.11. The Morgan fingerprint density at radius 3 is 2.41 bits per heavy atom. The highest BCUT2D eigenvalue weighted by atomic mass is 16.5. The van der Waals surface area contributed by atoms with Crippen molar-refractivity contribution in [2.45, 2.75) is 13.5 Å². The number of amides is 1. The van der Waals surface area contributed by atoms with Gasteiger partial charge in [-0.3, -0.25) is 4.79 Å². The normalized spacial score (nSPS) is 10.3. The second-order valence-electron chi connectivity index (χ2n) is 6.15. The number of ether oxygens (including phenoxy) is 1. The van der Waals surface area contributed by atoms with Crippen molar-refractivity contribution < 1.29 is 9.53 Å². The first-order valence-corrected chi connectivity index (χ1v) is 8.91. The molecule has 2 aromatic carbocycles. The van der Waals surface area contributed by atoms with Crippen molar-refractivity contribution in [3.63, 3.8) is 0 Å². The lowest BCUT2D eigenvalue weighted by molar-refractivity contribution is 0.102. The number of hydrogen-bond acceptors (Lipinski definition) is 4. The van der Waals surface area contributed by atoms with Gasteiger partial charge in [-0.15, -0.1) is 0 Å². The number of rotatable bonds is 7. The van der Waals surface area contributed by atoms with Crippen molar-refractivity contribution in [2.75, 3.05) is 23.9 Å². The molecule has 138 valence electrons. The van der Waals surface area contributed by atoms with Gasteiger partial charge in [-0.2, -0.15) is 0 Å². The SMILES string of the molecule is CCOc1ccc(NC(=O)c2ccc(N(C)Cc3ccccc3)cn2)cc1. The van der Waals surface area contributed by atoms with E-state index in [4.69, 9.17) is 4.74 Å². The number of hydrogen-bond donors (Lipinski definition) is 1. The van der Waals surface area contributed by atoms with Crippen LogP contribution in [0.3, 0.4) is 0 Å². The second kappa shape index (κ2) is 8.85. The van der Waals surface area contributed by atoms with Gasteiger partial charge in [-0.25, -0.2) is 4.98 Å². The van der Waals surface area contributed by atoms with Crippen molar-refractivity contribution in [3.05, 3.63) is 84.2 Å². The summed E-state index contributed by atoms with van der Waals surface area (Å²) < 4.78 is 5.40. The standard InChI is InChI=1S/C22H23N3O2/c1-3-27-20-12-9-18(10-13-20)24-22(26)21-14-11-19(15-23-21)25(2)16-17-7-5-4-6-8-17/h4-15H,3,16H2,1-2H3,(H,24,26). The van der Waals surface area contributed by atoms with E-state index >= 15 is 0 Å². The highest BCUT2D eigenvalue weighted by molar-refractivity contribution is 6.02. The van der Waals surface area contributed by atoms with Gasteiger partial charge in [0.2, 0.25) is 0 Å². The van der Waals surface area contributed by atoms with Crippen LogP contribution in [-0.2, 0) is 6.54 Å². The van der Waals surface area contributed by atoms with Gasteiger partial charge >= 0.3 is 0 Å². The van der Waals surface area contributed by atoms with E-state index < -0.39 is 0 Å². The summed E-state index contributed by atoms with van der Waals surface area (Å²) in [6, 6.07) is 21.1. The zero-order valence-electron chi connectivity index (χ0n) is 15.6. The minimum absolute atomic E-state index is 0.239. The van der Waals surface area contributed by atoms with Crippen LogP contribution in [-0.4, -0.2) is 24.5 Å². The van der Waals surface area contributed by atoms with Crippen LogP contribution in [0.5, 0.6) is 5.75 Å². The predicted molar refractivity (Wildman–Crippen MR) is 108 cm³/mol. The van der Waals surface area contributed by atoms with E-state index in [0.29, 0.717) is 18.0 Å². The molecular weight excluding hydrogens is 338 g/mol.